The van der Waals surface area contributed by atoms with E-state index in [1.54, 1.807) is 13.4 Å². The van der Waals surface area contributed by atoms with E-state index in [1.807, 2.05) is 36.4 Å². The van der Waals surface area contributed by atoms with E-state index in [1.165, 1.54) is 12.8 Å². The van der Waals surface area contributed by atoms with E-state index >= 15 is 0 Å². The first-order chi connectivity index (χ1) is 11.8. The number of anilines is 1. The van der Waals surface area contributed by atoms with Crippen molar-refractivity contribution in [2.75, 3.05) is 32.1 Å². The molecule has 1 saturated heterocycles. The average Bonchev–Trinajstić information content (AvgIpc) is 3.29. The molecule has 0 amide bonds. The summed E-state index contributed by atoms with van der Waals surface area (Å²) in [5.74, 6) is 1.78. The van der Waals surface area contributed by atoms with Crippen molar-refractivity contribution in [1.29, 1.82) is 0 Å². The second-order valence-electron chi connectivity index (χ2n) is 5.84. The summed E-state index contributed by atoms with van der Waals surface area (Å²) in [5.41, 5.74) is 0.905. The molecule has 1 aliphatic heterocycles. The number of rotatable bonds is 6. The topological polar surface area (TPSA) is 49.7 Å². The Morgan fingerprint density at radius 2 is 2.12 bits per heavy atom. The van der Waals surface area contributed by atoms with Crippen LogP contribution in [0.2, 0.25) is 0 Å². The van der Waals surface area contributed by atoms with Gasteiger partial charge in [-0.2, -0.15) is 0 Å². The lowest BCUT2D eigenvalue weighted by Crippen LogP contribution is -2.38. The Kier molecular flexibility index (Phi) is 5.72. The van der Waals surface area contributed by atoms with Gasteiger partial charge in [-0.1, -0.05) is 6.07 Å². The highest BCUT2D eigenvalue weighted by atomic mass is 32.1. The summed E-state index contributed by atoms with van der Waals surface area (Å²) in [6.45, 7) is 2.91. The maximum atomic E-state index is 5.63. The minimum atomic E-state index is 0.201. The number of nitrogens with one attached hydrogen (secondary N) is 2. The summed E-state index contributed by atoms with van der Waals surface area (Å²) < 4.78 is 10.9. The van der Waals surface area contributed by atoms with Crippen molar-refractivity contribution in [3.63, 3.8) is 0 Å². The van der Waals surface area contributed by atoms with E-state index in [2.05, 4.69) is 15.5 Å². The standard InChI is InChI=1S/C18H23N3O2S/c1-22-15-7-4-6-14(12-15)20-18(24)19-13-16(17-8-5-11-23-17)21-9-2-3-10-21/h4-8,11-12,16H,2-3,9-10,13H2,1H3,(H2,19,20,24). The number of thiocarbonyl (C=S) groups is 1. The zero-order valence-electron chi connectivity index (χ0n) is 13.8. The molecule has 0 spiro atoms. The predicted octanol–water partition coefficient (Wildman–Crippen LogP) is 3.41. The van der Waals surface area contributed by atoms with E-state index in [9.17, 15) is 0 Å². The third-order valence-corrected chi connectivity index (χ3v) is 4.48. The number of nitrogens with zero attached hydrogens (tertiary/aromatic N) is 1. The summed E-state index contributed by atoms with van der Waals surface area (Å²) in [6, 6.07) is 11.9. The van der Waals surface area contributed by atoms with Crippen molar-refractivity contribution in [1.82, 2.24) is 10.2 Å². The summed E-state index contributed by atoms with van der Waals surface area (Å²) in [6.07, 6.45) is 4.21. The van der Waals surface area contributed by atoms with E-state index in [-0.39, 0.29) is 6.04 Å². The van der Waals surface area contributed by atoms with E-state index in [4.69, 9.17) is 21.4 Å². The minimum Gasteiger partial charge on any atom is -0.497 e. The quantitative estimate of drug-likeness (QED) is 0.783. The van der Waals surface area contributed by atoms with Crippen LogP contribution in [0, 0.1) is 0 Å². The molecule has 0 saturated carbocycles. The van der Waals surface area contributed by atoms with Crippen molar-refractivity contribution in [2.24, 2.45) is 0 Å². The molecule has 2 N–H and O–H groups in total. The molecule has 3 rings (SSSR count). The van der Waals surface area contributed by atoms with Crippen molar-refractivity contribution in [3.05, 3.63) is 48.4 Å². The van der Waals surface area contributed by atoms with Gasteiger partial charge in [0.15, 0.2) is 5.11 Å². The molecule has 1 aliphatic rings. The fraction of sp³-hybridized carbons (Fsp3) is 0.389. The first-order valence-electron chi connectivity index (χ1n) is 8.22. The highest BCUT2D eigenvalue weighted by molar-refractivity contribution is 7.80. The van der Waals surface area contributed by atoms with Crippen LogP contribution < -0.4 is 15.4 Å². The van der Waals surface area contributed by atoms with Gasteiger partial charge >= 0.3 is 0 Å². The lowest BCUT2D eigenvalue weighted by molar-refractivity contribution is 0.216. The summed E-state index contributed by atoms with van der Waals surface area (Å²) >= 11 is 5.43. The number of ether oxygens (including phenoxy) is 1. The monoisotopic (exact) mass is 345 g/mol. The molecule has 2 aromatic rings. The van der Waals surface area contributed by atoms with Crippen LogP contribution in [0.3, 0.4) is 0 Å². The van der Waals surface area contributed by atoms with E-state index < -0.39 is 0 Å². The third-order valence-electron chi connectivity index (χ3n) is 4.24. The van der Waals surface area contributed by atoms with Crippen LogP contribution in [-0.2, 0) is 0 Å². The largest absolute Gasteiger partial charge is 0.497 e. The van der Waals surface area contributed by atoms with E-state index in [0.717, 1.165) is 30.3 Å². The molecule has 1 fully saturated rings. The molecule has 128 valence electrons. The molecule has 1 unspecified atom stereocenters. The first kappa shape index (κ1) is 16.8. The van der Waals surface area contributed by atoms with Crippen molar-refractivity contribution < 1.29 is 9.15 Å². The van der Waals surface area contributed by atoms with Gasteiger partial charge in [0.2, 0.25) is 0 Å². The maximum Gasteiger partial charge on any atom is 0.170 e. The summed E-state index contributed by atoms with van der Waals surface area (Å²) in [5, 5.41) is 7.11. The Labute approximate surface area is 148 Å². The molecule has 2 heterocycles. The first-order valence-corrected chi connectivity index (χ1v) is 8.63. The average molecular weight is 345 g/mol. The number of hydrogen-bond acceptors (Lipinski definition) is 4. The van der Waals surface area contributed by atoms with Crippen LogP contribution in [0.4, 0.5) is 5.69 Å². The molecule has 5 nitrogen and oxygen atoms in total. The molecule has 0 radical (unpaired) electrons. The highest BCUT2D eigenvalue weighted by Gasteiger charge is 2.25. The summed E-state index contributed by atoms with van der Waals surface area (Å²) in [4.78, 5) is 2.44. The van der Waals surface area contributed by atoms with Crippen LogP contribution in [0.15, 0.2) is 47.1 Å². The van der Waals surface area contributed by atoms with Gasteiger partial charge in [0.1, 0.15) is 11.5 Å². The van der Waals surface area contributed by atoms with Crippen molar-refractivity contribution in [3.8, 4) is 5.75 Å². The number of benzene rings is 1. The number of methoxy groups -OCH3 is 1. The minimum absolute atomic E-state index is 0.201. The molecular weight excluding hydrogens is 322 g/mol. The Morgan fingerprint density at radius 3 is 2.83 bits per heavy atom. The Bertz CT molecular complexity index is 654. The molecular formula is C18H23N3O2S. The molecule has 1 aromatic carbocycles. The smallest absolute Gasteiger partial charge is 0.170 e. The number of likely N-dealkylation sites (tertiary alicyclic amines) is 1. The molecule has 6 heteroatoms. The molecule has 0 aliphatic carbocycles. The number of hydrogen-bond donors (Lipinski definition) is 2. The van der Waals surface area contributed by atoms with Gasteiger partial charge in [0.25, 0.3) is 0 Å². The highest BCUT2D eigenvalue weighted by Crippen LogP contribution is 2.25. The Hall–Kier alpha value is -2.05. The van der Waals surface area contributed by atoms with Gasteiger partial charge in [0.05, 0.1) is 19.4 Å². The predicted molar refractivity (Wildman–Crippen MR) is 99.5 cm³/mol. The van der Waals surface area contributed by atoms with Gasteiger partial charge in [0, 0.05) is 18.3 Å². The second-order valence-corrected chi connectivity index (χ2v) is 6.25. The van der Waals surface area contributed by atoms with Gasteiger partial charge in [-0.25, -0.2) is 0 Å². The SMILES string of the molecule is COc1cccc(NC(=S)NCC(c2ccco2)N2CCCC2)c1. The summed E-state index contributed by atoms with van der Waals surface area (Å²) in [7, 11) is 1.65. The molecule has 0 bridgehead atoms. The molecule has 1 atom stereocenters. The second kappa shape index (κ2) is 8.17. The maximum absolute atomic E-state index is 5.63. The fourth-order valence-corrected chi connectivity index (χ4v) is 3.21. The van der Waals surface area contributed by atoms with E-state index in [0.29, 0.717) is 11.7 Å². The zero-order valence-corrected chi connectivity index (χ0v) is 14.6. The van der Waals surface area contributed by atoms with Crippen LogP contribution in [0.25, 0.3) is 0 Å². The fourth-order valence-electron chi connectivity index (χ4n) is 3.01. The van der Waals surface area contributed by atoms with Gasteiger partial charge in [-0.3, -0.25) is 4.90 Å². The zero-order chi connectivity index (χ0) is 16.8. The van der Waals surface area contributed by atoms with Crippen LogP contribution in [0.5, 0.6) is 5.75 Å². The van der Waals surface area contributed by atoms with Gasteiger partial charge < -0.3 is 19.8 Å². The van der Waals surface area contributed by atoms with Crippen LogP contribution >= 0.6 is 12.2 Å². The number of furan rings is 1. The normalized spacial score (nSPS) is 15.9. The molecule has 1 aromatic heterocycles. The van der Waals surface area contributed by atoms with Crippen LogP contribution in [-0.4, -0.2) is 36.8 Å². The van der Waals surface area contributed by atoms with Gasteiger partial charge in [-0.15, -0.1) is 0 Å². The van der Waals surface area contributed by atoms with Crippen LogP contribution in [0.1, 0.15) is 24.6 Å². The lowest BCUT2D eigenvalue weighted by atomic mass is 10.2. The Morgan fingerprint density at radius 1 is 1.29 bits per heavy atom. The van der Waals surface area contributed by atoms with Gasteiger partial charge in [-0.05, 0) is 62.4 Å². The Balaban J connectivity index is 1.58. The van der Waals surface area contributed by atoms with Crippen molar-refractivity contribution >= 4 is 23.0 Å². The lowest BCUT2D eigenvalue weighted by Gasteiger charge is -2.26. The third kappa shape index (κ3) is 4.27. The van der Waals surface area contributed by atoms with Crippen molar-refractivity contribution in [2.45, 2.75) is 18.9 Å². The molecule has 24 heavy (non-hydrogen) atoms.